The molecule has 2 N–H and O–H groups in total. The zero-order valence-corrected chi connectivity index (χ0v) is 13.8. The van der Waals surface area contributed by atoms with Gasteiger partial charge in [0.25, 0.3) is 0 Å². The number of benzene rings is 1. The highest BCUT2D eigenvalue weighted by Crippen LogP contribution is 2.42. The molecule has 3 aliphatic rings. The average Bonchev–Trinajstić information content (AvgIpc) is 2.66. The van der Waals surface area contributed by atoms with Crippen LogP contribution in [-0.4, -0.2) is 39.2 Å². The van der Waals surface area contributed by atoms with E-state index in [1.54, 1.807) is 6.20 Å². The van der Waals surface area contributed by atoms with Crippen molar-refractivity contribution in [2.75, 3.05) is 13.1 Å². The molecule has 3 fully saturated rings. The molecule has 1 aromatic carbocycles. The first kappa shape index (κ1) is 15.8. The van der Waals surface area contributed by atoms with E-state index in [0.717, 1.165) is 41.5 Å². The largest absolute Gasteiger partial charge is 0.392 e. The number of pyridine rings is 1. The zero-order valence-electron chi connectivity index (χ0n) is 13.8. The lowest BCUT2D eigenvalue weighted by Gasteiger charge is -2.50. The molecule has 1 aromatic heterocycles. The van der Waals surface area contributed by atoms with Crippen LogP contribution >= 0.6 is 0 Å². The summed E-state index contributed by atoms with van der Waals surface area (Å²) < 4.78 is 0. The topological polar surface area (TPSA) is 56.6 Å². The second-order valence-corrected chi connectivity index (χ2v) is 7.10. The minimum atomic E-state index is -0.530. The summed E-state index contributed by atoms with van der Waals surface area (Å²) in [6.45, 7) is 6.03. The number of aliphatic hydroxyl groups excluding tert-OH is 2. The van der Waals surface area contributed by atoms with Crippen LogP contribution in [0.2, 0.25) is 0 Å². The molecule has 2 bridgehead atoms. The number of nitrogens with zero attached hydrogens (tertiary/aromatic N) is 2. The van der Waals surface area contributed by atoms with Gasteiger partial charge < -0.3 is 10.2 Å². The summed E-state index contributed by atoms with van der Waals surface area (Å²) in [6.07, 6.45) is 5.53. The van der Waals surface area contributed by atoms with Gasteiger partial charge in [-0.25, -0.2) is 0 Å². The highest BCUT2D eigenvalue weighted by molar-refractivity contribution is 5.83. The maximum atomic E-state index is 11.1. The lowest BCUT2D eigenvalue weighted by Crippen LogP contribution is -2.54. The predicted molar refractivity (Wildman–Crippen MR) is 94.4 cm³/mol. The fourth-order valence-electron chi connectivity index (χ4n) is 4.48. The van der Waals surface area contributed by atoms with Crippen molar-refractivity contribution in [1.82, 2.24) is 9.88 Å². The summed E-state index contributed by atoms with van der Waals surface area (Å²) in [5.74, 6) is 1.19. The van der Waals surface area contributed by atoms with Crippen LogP contribution in [0.3, 0.4) is 0 Å². The van der Waals surface area contributed by atoms with Crippen LogP contribution < -0.4 is 0 Å². The molecule has 3 saturated heterocycles. The lowest BCUT2D eigenvalue weighted by molar-refractivity contribution is -0.0444. The first-order valence-electron chi connectivity index (χ1n) is 8.74. The summed E-state index contributed by atoms with van der Waals surface area (Å²) in [7, 11) is 0. The molecular formula is C20H24N2O2. The molecule has 4 heterocycles. The van der Waals surface area contributed by atoms with Crippen molar-refractivity contribution in [2.45, 2.75) is 31.6 Å². The highest BCUT2D eigenvalue weighted by Gasteiger charge is 2.42. The van der Waals surface area contributed by atoms with E-state index in [-0.39, 0.29) is 12.6 Å². The van der Waals surface area contributed by atoms with Gasteiger partial charge >= 0.3 is 0 Å². The van der Waals surface area contributed by atoms with Crippen molar-refractivity contribution in [3.05, 3.63) is 54.2 Å². The van der Waals surface area contributed by atoms with E-state index in [1.165, 1.54) is 6.42 Å². The number of aromatic nitrogens is 1. The number of fused-ring (bicyclic) bond motifs is 4. The number of rotatable bonds is 4. The van der Waals surface area contributed by atoms with E-state index < -0.39 is 6.10 Å². The molecule has 4 nitrogen and oxygen atoms in total. The molecule has 0 aliphatic carbocycles. The van der Waals surface area contributed by atoms with Crippen LogP contribution in [0.25, 0.3) is 10.9 Å². The van der Waals surface area contributed by atoms with E-state index in [0.29, 0.717) is 11.8 Å². The van der Waals surface area contributed by atoms with Crippen LogP contribution in [0.15, 0.2) is 43.1 Å². The molecule has 3 aliphatic heterocycles. The second-order valence-electron chi connectivity index (χ2n) is 7.10. The number of aliphatic hydroxyl groups is 2. The minimum absolute atomic E-state index is 0.000980. The molecule has 5 atom stereocenters. The molecule has 0 saturated carbocycles. The number of hydrogen-bond donors (Lipinski definition) is 2. The number of piperidine rings is 3. The Morgan fingerprint density at radius 2 is 2.25 bits per heavy atom. The van der Waals surface area contributed by atoms with Crippen molar-refractivity contribution in [2.24, 2.45) is 11.8 Å². The van der Waals surface area contributed by atoms with Gasteiger partial charge in [0.05, 0.1) is 18.2 Å². The maximum Gasteiger partial charge on any atom is 0.0952 e. The third kappa shape index (κ3) is 2.55. The first-order chi connectivity index (χ1) is 11.7. The van der Waals surface area contributed by atoms with Crippen molar-refractivity contribution in [1.29, 1.82) is 0 Å². The van der Waals surface area contributed by atoms with Crippen LogP contribution in [0.1, 0.15) is 30.1 Å². The van der Waals surface area contributed by atoms with E-state index in [1.807, 2.05) is 24.3 Å². The normalized spacial score (nSPS) is 30.4. The molecular weight excluding hydrogens is 300 g/mol. The molecule has 126 valence electrons. The summed E-state index contributed by atoms with van der Waals surface area (Å²) >= 11 is 0. The Bertz CT molecular complexity index is 760. The number of hydrogen-bond acceptors (Lipinski definition) is 4. The van der Waals surface area contributed by atoms with E-state index in [2.05, 4.69) is 22.5 Å². The van der Waals surface area contributed by atoms with Gasteiger partial charge in [0, 0.05) is 24.2 Å². The van der Waals surface area contributed by atoms with Crippen LogP contribution in [0, 0.1) is 11.8 Å². The highest BCUT2D eigenvalue weighted by atomic mass is 16.3. The lowest BCUT2D eigenvalue weighted by atomic mass is 9.73. The minimum Gasteiger partial charge on any atom is -0.392 e. The molecule has 4 heteroatoms. The van der Waals surface area contributed by atoms with Gasteiger partial charge in [0.1, 0.15) is 0 Å². The molecule has 5 rings (SSSR count). The fraction of sp³-hybridized carbons (Fsp3) is 0.450. The van der Waals surface area contributed by atoms with Gasteiger partial charge in [-0.15, -0.1) is 6.58 Å². The van der Waals surface area contributed by atoms with Gasteiger partial charge in [-0.05, 0) is 60.5 Å². The fourth-order valence-corrected chi connectivity index (χ4v) is 4.48. The standard InChI is InChI=1S/C20H24N2O2/c1-2-14-11-22-8-6-15(14)10-19(22)20(24)16-5-7-21-18-4-3-13(12-23)9-17(16)18/h2-5,7,9,14-15,19-20,23-24H,1,6,8,10-12H2/t14?,15?,19?,20-/m1/s1. The SMILES string of the molecule is C=CC1CN2CCC1CC2[C@H](O)c1ccnc2ccc(CO)cc12. The quantitative estimate of drug-likeness (QED) is 0.849. The Hall–Kier alpha value is -1.75. The third-order valence-corrected chi connectivity index (χ3v) is 5.86. The summed E-state index contributed by atoms with van der Waals surface area (Å²) in [5, 5.41) is 21.5. The van der Waals surface area contributed by atoms with Gasteiger partial charge in [0.2, 0.25) is 0 Å². The van der Waals surface area contributed by atoms with Gasteiger partial charge in [-0.1, -0.05) is 12.1 Å². The third-order valence-electron chi connectivity index (χ3n) is 5.86. The monoisotopic (exact) mass is 324 g/mol. The van der Waals surface area contributed by atoms with Crippen LogP contribution in [0.5, 0.6) is 0 Å². The zero-order chi connectivity index (χ0) is 16.7. The van der Waals surface area contributed by atoms with Gasteiger partial charge in [0.15, 0.2) is 0 Å². The molecule has 0 radical (unpaired) electrons. The van der Waals surface area contributed by atoms with Crippen molar-refractivity contribution < 1.29 is 10.2 Å². The molecule has 0 amide bonds. The predicted octanol–water partition coefficient (Wildman–Crippen LogP) is 2.66. The molecule has 2 aromatic rings. The Kier molecular flexibility index (Phi) is 4.12. The van der Waals surface area contributed by atoms with E-state index in [9.17, 15) is 10.2 Å². The average molecular weight is 324 g/mol. The van der Waals surface area contributed by atoms with E-state index in [4.69, 9.17) is 0 Å². The Morgan fingerprint density at radius 1 is 1.38 bits per heavy atom. The summed E-state index contributed by atoms with van der Waals surface area (Å²) in [5.41, 5.74) is 2.63. The van der Waals surface area contributed by atoms with Crippen molar-refractivity contribution >= 4 is 10.9 Å². The molecule has 24 heavy (non-hydrogen) atoms. The van der Waals surface area contributed by atoms with Crippen LogP contribution in [-0.2, 0) is 6.61 Å². The Labute approximate surface area is 142 Å². The Morgan fingerprint density at radius 3 is 2.96 bits per heavy atom. The molecule has 0 spiro atoms. The van der Waals surface area contributed by atoms with Crippen molar-refractivity contribution in [3.8, 4) is 0 Å². The maximum absolute atomic E-state index is 11.1. The molecule has 4 unspecified atom stereocenters. The van der Waals surface area contributed by atoms with Crippen molar-refractivity contribution in [3.63, 3.8) is 0 Å². The van der Waals surface area contributed by atoms with E-state index >= 15 is 0 Å². The summed E-state index contributed by atoms with van der Waals surface area (Å²) in [4.78, 5) is 6.81. The Balaban J connectivity index is 1.69. The summed E-state index contributed by atoms with van der Waals surface area (Å²) in [6, 6.07) is 7.82. The van der Waals surface area contributed by atoms with Gasteiger partial charge in [-0.2, -0.15) is 0 Å². The first-order valence-corrected chi connectivity index (χ1v) is 8.74. The van der Waals surface area contributed by atoms with Crippen LogP contribution in [0.4, 0.5) is 0 Å². The second kappa shape index (κ2) is 6.28. The van der Waals surface area contributed by atoms with Gasteiger partial charge in [-0.3, -0.25) is 9.88 Å². The smallest absolute Gasteiger partial charge is 0.0952 e.